The van der Waals surface area contributed by atoms with Crippen LogP contribution < -0.4 is 5.69 Å². The molecular formula is C18H19FN4O5S. The zero-order chi connectivity index (χ0) is 21.5. The first-order valence-electron chi connectivity index (χ1n) is 8.52. The van der Waals surface area contributed by atoms with Gasteiger partial charge in [0.25, 0.3) is 0 Å². The molecule has 0 spiro atoms. The number of sulfonamides is 1. The van der Waals surface area contributed by atoms with E-state index < -0.39 is 44.0 Å². The molecule has 0 fully saturated rings. The van der Waals surface area contributed by atoms with Crippen LogP contribution >= 0.6 is 0 Å². The topological polar surface area (TPSA) is 129 Å². The lowest BCUT2D eigenvalue weighted by Gasteiger charge is -2.22. The predicted molar refractivity (Wildman–Crippen MR) is 103 cm³/mol. The highest BCUT2D eigenvalue weighted by Gasteiger charge is 2.29. The van der Waals surface area contributed by atoms with Crippen molar-refractivity contribution in [1.29, 1.82) is 0 Å². The number of phenols is 2. The minimum absolute atomic E-state index is 0.141. The number of H-pyrrole nitrogens is 1. The number of aromatic amines is 1. The van der Waals surface area contributed by atoms with Crippen LogP contribution in [0.1, 0.15) is 13.8 Å². The number of aromatic nitrogens is 3. The molecular weight excluding hydrogens is 403 g/mol. The molecule has 0 unspecified atom stereocenters. The van der Waals surface area contributed by atoms with E-state index in [0.29, 0.717) is 0 Å². The van der Waals surface area contributed by atoms with Gasteiger partial charge in [0.05, 0.1) is 11.3 Å². The molecule has 0 radical (unpaired) electrons. The molecule has 0 saturated heterocycles. The maximum Gasteiger partial charge on any atom is 0.348 e. The molecule has 0 aliphatic heterocycles. The van der Waals surface area contributed by atoms with Gasteiger partial charge in [-0.15, -0.1) is 0 Å². The number of nitrogens with zero attached hydrogens (tertiary/aromatic N) is 3. The van der Waals surface area contributed by atoms with Crippen LogP contribution in [0.3, 0.4) is 0 Å². The van der Waals surface area contributed by atoms with E-state index in [9.17, 15) is 27.8 Å². The maximum absolute atomic E-state index is 14.3. The van der Waals surface area contributed by atoms with E-state index in [-0.39, 0.29) is 17.1 Å². The van der Waals surface area contributed by atoms with E-state index in [0.717, 1.165) is 27.1 Å². The first-order valence-corrected chi connectivity index (χ1v) is 9.96. The summed E-state index contributed by atoms with van der Waals surface area (Å²) < 4.78 is 41.8. The van der Waals surface area contributed by atoms with Crippen LogP contribution in [0.2, 0.25) is 0 Å². The first-order chi connectivity index (χ1) is 13.6. The Balaban J connectivity index is 2.28. The number of aromatic hydroxyl groups is 2. The van der Waals surface area contributed by atoms with Crippen LogP contribution in [0.4, 0.5) is 4.39 Å². The molecule has 3 rings (SSSR count). The summed E-state index contributed by atoms with van der Waals surface area (Å²) in [4.78, 5) is 11.8. The summed E-state index contributed by atoms with van der Waals surface area (Å²) in [6.45, 7) is 3.30. The van der Waals surface area contributed by atoms with Crippen molar-refractivity contribution in [3.05, 3.63) is 52.7 Å². The zero-order valence-corrected chi connectivity index (χ0v) is 16.6. The number of para-hydroxylation sites is 1. The van der Waals surface area contributed by atoms with Crippen molar-refractivity contribution in [2.45, 2.75) is 24.8 Å². The lowest BCUT2D eigenvalue weighted by Crippen LogP contribution is -2.33. The molecule has 9 nitrogen and oxygen atoms in total. The summed E-state index contributed by atoms with van der Waals surface area (Å²) in [5, 5.41) is 26.4. The predicted octanol–water partition coefficient (Wildman–Crippen LogP) is 1.81. The second-order valence-electron chi connectivity index (χ2n) is 6.59. The molecule has 1 heterocycles. The van der Waals surface area contributed by atoms with E-state index in [4.69, 9.17) is 0 Å². The summed E-state index contributed by atoms with van der Waals surface area (Å²) in [6, 6.07) is 6.84. The van der Waals surface area contributed by atoms with E-state index in [1.165, 1.54) is 25.2 Å². The molecule has 3 N–H and O–H groups in total. The molecule has 1 aromatic heterocycles. The Labute approximate surface area is 165 Å². The SMILES string of the molecule is CC(C)N(C)S(=O)(=O)c1cc(-c2n[nH]c(=O)n2-c2ccccc2F)c(O)cc1O. The van der Waals surface area contributed by atoms with Crippen molar-refractivity contribution in [1.82, 2.24) is 19.1 Å². The average molecular weight is 422 g/mol. The molecule has 0 aliphatic carbocycles. The summed E-state index contributed by atoms with van der Waals surface area (Å²) in [7, 11) is -2.78. The molecule has 0 saturated carbocycles. The third-order valence-corrected chi connectivity index (χ3v) is 6.53. The number of nitrogens with one attached hydrogen (secondary N) is 1. The fraction of sp³-hybridized carbons (Fsp3) is 0.222. The molecule has 0 atom stereocenters. The summed E-state index contributed by atoms with van der Waals surface area (Å²) in [5.74, 6) is -2.15. The van der Waals surface area contributed by atoms with Gasteiger partial charge in [0.1, 0.15) is 22.2 Å². The van der Waals surface area contributed by atoms with Crippen LogP contribution in [-0.2, 0) is 10.0 Å². The van der Waals surface area contributed by atoms with E-state index in [1.807, 2.05) is 0 Å². The Morgan fingerprint density at radius 2 is 1.83 bits per heavy atom. The van der Waals surface area contributed by atoms with Gasteiger partial charge in [-0.2, -0.15) is 9.40 Å². The monoisotopic (exact) mass is 422 g/mol. The van der Waals surface area contributed by atoms with Crippen molar-refractivity contribution < 1.29 is 23.0 Å². The molecule has 154 valence electrons. The van der Waals surface area contributed by atoms with Gasteiger partial charge in [-0.05, 0) is 32.0 Å². The van der Waals surface area contributed by atoms with Gasteiger partial charge in [-0.3, -0.25) is 0 Å². The number of hydrogen-bond acceptors (Lipinski definition) is 6. The van der Waals surface area contributed by atoms with E-state index >= 15 is 0 Å². The third-order valence-electron chi connectivity index (χ3n) is 4.47. The Kier molecular flexibility index (Phi) is 5.20. The Hall–Kier alpha value is -3.18. The lowest BCUT2D eigenvalue weighted by molar-refractivity contribution is 0.401. The molecule has 29 heavy (non-hydrogen) atoms. The van der Waals surface area contributed by atoms with E-state index in [1.54, 1.807) is 13.8 Å². The van der Waals surface area contributed by atoms with Crippen molar-refractivity contribution in [2.24, 2.45) is 0 Å². The van der Waals surface area contributed by atoms with E-state index in [2.05, 4.69) is 10.2 Å². The third kappa shape index (κ3) is 3.49. The number of hydrogen-bond donors (Lipinski definition) is 3. The van der Waals surface area contributed by atoms with Gasteiger partial charge >= 0.3 is 5.69 Å². The quantitative estimate of drug-likeness (QED) is 0.575. The molecule has 0 bridgehead atoms. The highest BCUT2D eigenvalue weighted by Crippen LogP contribution is 2.37. The number of halogens is 1. The summed E-state index contributed by atoms with van der Waals surface area (Å²) in [5.41, 5.74) is -1.11. The highest BCUT2D eigenvalue weighted by atomic mass is 32.2. The fourth-order valence-electron chi connectivity index (χ4n) is 2.71. The molecule has 3 aromatic rings. The number of rotatable bonds is 5. The second kappa shape index (κ2) is 7.33. The van der Waals surface area contributed by atoms with Gasteiger partial charge in [-0.25, -0.2) is 27.3 Å². The largest absolute Gasteiger partial charge is 0.507 e. The molecule has 0 aliphatic rings. The van der Waals surface area contributed by atoms with Crippen LogP contribution in [0.15, 0.2) is 46.1 Å². The first kappa shape index (κ1) is 20.6. The average Bonchev–Trinajstić information content (AvgIpc) is 3.02. The van der Waals surface area contributed by atoms with Gasteiger partial charge in [0.15, 0.2) is 5.82 Å². The Bertz CT molecular complexity index is 1230. The Morgan fingerprint density at radius 1 is 1.17 bits per heavy atom. The Morgan fingerprint density at radius 3 is 2.45 bits per heavy atom. The maximum atomic E-state index is 14.3. The second-order valence-corrected chi connectivity index (χ2v) is 8.56. The van der Waals surface area contributed by atoms with Crippen LogP contribution in [0.5, 0.6) is 11.5 Å². The molecule has 2 aromatic carbocycles. The fourth-order valence-corrected chi connectivity index (χ4v) is 4.17. The molecule has 11 heteroatoms. The summed E-state index contributed by atoms with van der Waals surface area (Å²) >= 11 is 0. The number of phenolic OH excluding ortho intramolecular Hbond substituents is 2. The normalized spacial score (nSPS) is 12.1. The van der Waals surface area contributed by atoms with Gasteiger partial charge in [0.2, 0.25) is 10.0 Å². The highest BCUT2D eigenvalue weighted by molar-refractivity contribution is 7.89. The minimum Gasteiger partial charge on any atom is -0.507 e. The van der Waals surface area contributed by atoms with Crippen LogP contribution in [0.25, 0.3) is 17.1 Å². The smallest absolute Gasteiger partial charge is 0.348 e. The summed E-state index contributed by atoms with van der Waals surface area (Å²) in [6.07, 6.45) is 0. The lowest BCUT2D eigenvalue weighted by atomic mass is 10.1. The molecule has 0 amide bonds. The standard InChI is InChI=1S/C18H19FN4O5S/c1-10(2)22(3)29(27,28)16-8-11(14(24)9-15(16)25)17-20-21-18(26)23(17)13-7-5-4-6-12(13)19/h4-10,24-25H,1-3H3,(H,21,26). The van der Waals surface area contributed by atoms with Gasteiger partial charge in [0, 0.05) is 19.2 Å². The van der Waals surface area contributed by atoms with Crippen LogP contribution in [-0.4, -0.2) is 50.8 Å². The number of benzene rings is 2. The van der Waals surface area contributed by atoms with Crippen LogP contribution in [0, 0.1) is 5.82 Å². The van der Waals surface area contributed by atoms with Crippen molar-refractivity contribution in [2.75, 3.05) is 7.05 Å². The minimum atomic E-state index is -4.12. The van der Waals surface area contributed by atoms with Gasteiger partial charge in [-0.1, -0.05) is 12.1 Å². The van der Waals surface area contributed by atoms with Crippen molar-refractivity contribution in [3.8, 4) is 28.6 Å². The zero-order valence-electron chi connectivity index (χ0n) is 15.8. The van der Waals surface area contributed by atoms with Gasteiger partial charge < -0.3 is 10.2 Å². The van der Waals surface area contributed by atoms with Crippen molar-refractivity contribution >= 4 is 10.0 Å². The van der Waals surface area contributed by atoms with Crippen molar-refractivity contribution in [3.63, 3.8) is 0 Å².